The molecular formula is C15H10N2O6. The highest BCUT2D eigenvalue weighted by atomic mass is 16.6. The maximum absolute atomic E-state index is 11.6. The van der Waals surface area contributed by atoms with Gasteiger partial charge >= 0.3 is 5.97 Å². The van der Waals surface area contributed by atoms with Gasteiger partial charge in [-0.25, -0.2) is 4.79 Å². The molecule has 8 heteroatoms. The molecule has 0 bridgehead atoms. The summed E-state index contributed by atoms with van der Waals surface area (Å²) in [4.78, 5) is 31.6. The Morgan fingerprint density at radius 2 is 1.35 bits per heavy atom. The van der Waals surface area contributed by atoms with Crippen LogP contribution in [-0.2, 0) is 4.79 Å². The van der Waals surface area contributed by atoms with Gasteiger partial charge in [-0.1, -0.05) is 0 Å². The number of nitro benzene ring substituents is 2. The van der Waals surface area contributed by atoms with Crippen LogP contribution in [0.5, 0.6) is 5.75 Å². The van der Waals surface area contributed by atoms with E-state index in [1.165, 1.54) is 54.6 Å². The molecule has 2 aromatic carbocycles. The van der Waals surface area contributed by atoms with E-state index in [0.29, 0.717) is 5.56 Å². The first-order chi connectivity index (χ1) is 11.0. The molecule has 0 spiro atoms. The van der Waals surface area contributed by atoms with E-state index in [9.17, 15) is 25.0 Å². The molecule has 23 heavy (non-hydrogen) atoms. The fourth-order valence-electron chi connectivity index (χ4n) is 1.66. The molecule has 2 rings (SSSR count). The van der Waals surface area contributed by atoms with E-state index in [2.05, 4.69) is 0 Å². The second-order valence-electron chi connectivity index (χ2n) is 4.35. The van der Waals surface area contributed by atoms with E-state index in [-0.39, 0.29) is 17.1 Å². The molecule has 0 saturated heterocycles. The number of rotatable bonds is 5. The van der Waals surface area contributed by atoms with Gasteiger partial charge in [-0.3, -0.25) is 20.2 Å². The molecule has 0 fully saturated rings. The van der Waals surface area contributed by atoms with Crippen molar-refractivity contribution in [3.8, 4) is 5.75 Å². The SMILES string of the molecule is O=C(C=Cc1ccc([N+](=O)[O-])cc1)Oc1ccc([N+](=O)[O-])cc1. The van der Waals surface area contributed by atoms with Crippen LogP contribution in [0.3, 0.4) is 0 Å². The lowest BCUT2D eigenvalue weighted by molar-refractivity contribution is -0.385. The Kier molecular flexibility index (Phi) is 4.78. The zero-order chi connectivity index (χ0) is 16.8. The Balaban J connectivity index is 1.98. The first-order valence-corrected chi connectivity index (χ1v) is 6.34. The van der Waals surface area contributed by atoms with Crippen LogP contribution in [-0.4, -0.2) is 15.8 Å². The summed E-state index contributed by atoms with van der Waals surface area (Å²) in [5, 5.41) is 21.0. The molecule has 0 radical (unpaired) electrons. The standard InChI is InChI=1S/C15H10N2O6/c18-15(23-14-8-6-13(7-9-14)17(21)22)10-3-11-1-4-12(5-2-11)16(19)20/h1-10H. The third-order valence-electron chi connectivity index (χ3n) is 2.78. The molecule has 0 aromatic heterocycles. The number of carbonyl (C=O) groups is 1. The molecule has 0 unspecified atom stereocenters. The van der Waals surface area contributed by atoms with Crippen molar-refractivity contribution in [3.63, 3.8) is 0 Å². The molecule has 0 aliphatic carbocycles. The number of nitrogens with zero attached hydrogens (tertiary/aromatic N) is 2. The maximum atomic E-state index is 11.6. The monoisotopic (exact) mass is 314 g/mol. The number of benzene rings is 2. The second kappa shape index (κ2) is 6.94. The maximum Gasteiger partial charge on any atom is 0.336 e. The zero-order valence-electron chi connectivity index (χ0n) is 11.6. The lowest BCUT2D eigenvalue weighted by Gasteiger charge is -2.00. The fraction of sp³-hybridized carbons (Fsp3) is 0. The topological polar surface area (TPSA) is 113 Å². The highest BCUT2D eigenvalue weighted by Crippen LogP contribution is 2.18. The zero-order valence-corrected chi connectivity index (χ0v) is 11.6. The minimum atomic E-state index is -0.669. The number of hydrogen-bond donors (Lipinski definition) is 0. The molecule has 0 atom stereocenters. The number of non-ortho nitro benzene ring substituents is 2. The smallest absolute Gasteiger partial charge is 0.336 e. The highest BCUT2D eigenvalue weighted by Gasteiger charge is 2.06. The van der Waals surface area contributed by atoms with E-state index < -0.39 is 15.8 Å². The van der Waals surface area contributed by atoms with E-state index in [4.69, 9.17) is 4.74 Å². The Morgan fingerprint density at radius 1 is 0.870 bits per heavy atom. The minimum Gasteiger partial charge on any atom is -0.423 e. The minimum absolute atomic E-state index is 0.0457. The predicted molar refractivity (Wildman–Crippen MR) is 80.9 cm³/mol. The molecule has 0 aliphatic heterocycles. The van der Waals surface area contributed by atoms with Crippen molar-refractivity contribution in [1.82, 2.24) is 0 Å². The molecule has 2 aromatic rings. The molecular weight excluding hydrogens is 304 g/mol. The van der Waals surface area contributed by atoms with Crippen LogP contribution < -0.4 is 4.74 Å². The van der Waals surface area contributed by atoms with Gasteiger partial charge in [0, 0.05) is 30.3 Å². The van der Waals surface area contributed by atoms with Crippen LogP contribution in [0.4, 0.5) is 11.4 Å². The first kappa shape index (κ1) is 15.8. The van der Waals surface area contributed by atoms with Crippen LogP contribution in [0.15, 0.2) is 54.6 Å². The van der Waals surface area contributed by atoms with Crippen LogP contribution >= 0.6 is 0 Å². The van der Waals surface area contributed by atoms with Gasteiger partial charge in [0.25, 0.3) is 11.4 Å². The first-order valence-electron chi connectivity index (χ1n) is 6.34. The molecule has 0 aliphatic rings. The number of ether oxygens (including phenoxy) is 1. The fourth-order valence-corrected chi connectivity index (χ4v) is 1.66. The lowest BCUT2D eigenvalue weighted by Crippen LogP contribution is -2.03. The van der Waals surface area contributed by atoms with Crippen molar-refractivity contribution in [2.24, 2.45) is 0 Å². The quantitative estimate of drug-likeness (QED) is 0.275. The Labute approximate surface area is 129 Å². The summed E-state index contributed by atoms with van der Waals surface area (Å²) in [6.07, 6.45) is 2.60. The molecule has 116 valence electrons. The third-order valence-corrected chi connectivity index (χ3v) is 2.78. The van der Waals surface area contributed by atoms with Crippen molar-refractivity contribution in [2.45, 2.75) is 0 Å². The summed E-state index contributed by atoms with van der Waals surface area (Å²) in [7, 11) is 0. The summed E-state index contributed by atoms with van der Waals surface area (Å²) in [6.45, 7) is 0. The van der Waals surface area contributed by atoms with Gasteiger partial charge in [0.2, 0.25) is 0 Å². The molecule has 0 N–H and O–H groups in total. The Hall–Kier alpha value is -3.55. The number of hydrogen-bond acceptors (Lipinski definition) is 6. The summed E-state index contributed by atoms with van der Waals surface area (Å²) < 4.78 is 4.98. The van der Waals surface area contributed by atoms with Gasteiger partial charge < -0.3 is 4.74 Å². The van der Waals surface area contributed by atoms with Crippen LogP contribution in [0, 0.1) is 20.2 Å². The normalized spacial score (nSPS) is 10.4. The van der Waals surface area contributed by atoms with E-state index in [1.807, 2.05) is 0 Å². The number of carbonyl (C=O) groups excluding carboxylic acids is 1. The summed E-state index contributed by atoms with van der Waals surface area (Å²) in [6, 6.07) is 10.7. The number of nitro groups is 2. The average molecular weight is 314 g/mol. The van der Waals surface area contributed by atoms with Gasteiger partial charge in [0.05, 0.1) is 9.85 Å². The Bertz CT molecular complexity index is 766. The second-order valence-corrected chi connectivity index (χ2v) is 4.35. The van der Waals surface area contributed by atoms with Crippen LogP contribution in [0.25, 0.3) is 6.08 Å². The van der Waals surface area contributed by atoms with Gasteiger partial charge in [0.15, 0.2) is 0 Å². The largest absolute Gasteiger partial charge is 0.423 e. The van der Waals surface area contributed by atoms with Crippen LogP contribution in [0.2, 0.25) is 0 Å². The molecule has 0 amide bonds. The Morgan fingerprint density at radius 3 is 1.83 bits per heavy atom. The van der Waals surface area contributed by atoms with Crippen molar-refractivity contribution >= 4 is 23.4 Å². The van der Waals surface area contributed by atoms with Crippen molar-refractivity contribution in [2.75, 3.05) is 0 Å². The van der Waals surface area contributed by atoms with Crippen molar-refractivity contribution < 1.29 is 19.4 Å². The van der Waals surface area contributed by atoms with E-state index >= 15 is 0 Å². The molecule has 0 saturated carbocycles. The van der Waals surface area contributed by atoms with E-state index in [1.54, 1.807) is 0 Å². The lowest BCUT2D eigenvalue weighted by atomic mass is 10.2. The summed E-state index contributed by atoms with van der Waals surface area (Å²) >= 11 is 0. The van der Waals surface area contributed by atoms with Gasteiger partial charge in [-0.15, -0.1) is 0 Å². The van der Waals surface area contributed by atoms with Crippen LogP contribution in [0.1, 0.15) is 5.56 Å². The van der Waals surface area contributed by atoms with E-state index in [0.717, 1.165) is 6.08 Å². The van der Waals surface area contributed by atoms with Crippen molar-refractivity contribution in [1.29, 1.82) is 0 Å². The average Bonchev–Trinajstić information content (AvgIpc) is 2.54. The van der Waals surface area contributed by atoms with Gasteiger partial charge in [-0.2, -0.15) is 0 Å². The third kappa shape index (κ3) is 4.46. The van der Waals surface area contributed by atoms with Gasteiger partial charge in [0.1, 0.15) is 5.75 Å². The summed E-state index contributed by atoms with van der Waals surface area (Å²) in [5.41, 5.74) is 0.443. The predicted octanol–water partition coefficient (Wildman–Crippen LogP) is 3.12. The van der Waals surface area contributed by atoms with Gasteiger partial charge in [-0.05, 0) is 35.9 Å². The molecule has 8 nitrogen and oxygen atoms in total. The highest BCUT2D eigenvalue weighted by molar-refractivity contribution is 5.88. The summed E-state index contributed by atoms with van der Waals surface area (Å²) in [5.74, 6) is -0.494. The molecule has 0 heterocycles. The number of esters is 1. The van der Waals surface area contributed by atoms with Crippen molar-refractivity contribution in [3.05, 3.63) is 80.4 Å².